The van der Waals surface area contributed by atoms with E-state index in [-0.39, 0.29) is 0 Å². The summed E-state index contributed by atoms with van der Waals surface area (Å²) < 4.78 is 5.79. The Morgan fingerprint density at radius 3 is 2.38 bits per heavy atom. The van der Waals surface area contributed by atoms with Crippen LogP contribution in [0.3, 0.4) is 0 Å². The van der Waals surface area contributed by atoms with E-state index in [0.29, 0.717) is 0 Å². The molecule has 0 atom stereocenters. The lowest BCUT2D eigenvalue weighted by molar-refractivity contribution is 0.500. The zero-order valence-electron chi connectivity index (χ0n) is 13.4. The fourth-order valence-corrected chi connectivity index (χ4v) is 2.72. The smallest absolute Gasteiger partial charge is 0.134 e. The van der Waals surface area contributed by atoms with Crippen molar-refractivity contribution in [3.8, 4) is 0 Å². The Kier molecular flexibility index (Phi) is 7.37. The summed E-state index contributed by atoms with van der Waals surface area (Å²) in [5.41, 5.74) is 0.987. The van der Waals surface area contributed by atoms with Gasteiger partial charge in [0.1, 0.15) is 11.3 Å². The van der Waals surface area contributed by atoms with Gasteiger partial charge in [0.25, 0.3) is 0 Å². The normalized spacial score (nSPS) is 11.3. The van der Waals surface area contributed by atoms with Crippen molar-refractivity contribution in [2.45, 2.75) is 64.8 Å². The summed E-state index contributed by atoms with van der Waals surface area (Å²) in [6.07, 6.45) is 11.0. The molecular weight excluding hydrogens is 258 g/mol. The number of rotatable bonds is 11. The van der Waals surface area contributed by atoms with E-state index in [4.69, 9.17) is 4.42 Å². The second kappa shape index (κ2) is 9.62. The van der Waals surface area contributed by atoms with Crippen molar-refractivity contribution < 1.29 is 4.42 Å². The third kappa shape index (κ3) is 5.92. The molecular formula is C19H29NO. The molecule has 1 heterocycles. The van der Waals surface area contributed by atoms with Crippen LogP contribution in [0.2, 0.25) is 0 Å². The Morgan fingerprint density at radius 1 is 0.905 bits per heavy atom. The highest BCUT2D eigenvalue weighted by atomic mass is 16.3. The van der Waals surface area contributed by atoms with Crippen molar-refractivity contribution in [3.63, 3.8) is 0 Å². The summed E-state index contributed by atoms with van der Waals surface area (Å²) in [5, 5.41) is 4.68. The molecule has 2 aromatic rings. The highest BCUT2D eigenvalue weighted by Crippen LogP contribution is 2.18. The molecule has 0 aliphatic heterocycles. The van der Waals surface area contributed by atoms with E-state index in [2.05, 4.69) is 30.4 Å². The van der Waals surface area contributed by atoms with Crippen LogP contribution in [0, 0.1) is 0 Å². The van der Waals surface area contributed by atoms with Crippen LogP contribution in [-0.2, 0) is 6.54 Å². The van der Waals surface area contributed by atoms with Crippen molar-refractivity contribution in [3.05, 3.63) is 36.1 Å². The largest absolute Gasteiger partial charge is 0.460 e. The van der Waals surface area contributed by atoms with E-state index >= 15 is 0 Å². The molecule has 21 heavy (non-hydrogen) atoms. The Hall–Kier alpha value is -1.28. The molecule has 0 amide bonds. The molecule has 0 saturated carbocycles. The van der Waals surface area contributed by atoms with Gasteiger partial charge in [-0.2, -0.15) is 0 Å². The monoisotopic (exact) mass is 287 g/mol. The Bertz CT molecular complexity index is 470. The lowest BCUT2D eigenvalue weighted by Crippen LogP contribution is -2.14. The summed E-state index contributed by atoms with van der Waals surface area (Å²) in [6.45, 7) is 4.20. The SMILES string of the molecule is CCCCCCCCCCNCc1cc2ccccc2o1. The zero-order chi connectivity index (χ0) is 14.8. The first-order valence-corrected chi connectivity index (χ1v) is 8.58. The minimum atomic E-state index is 0.838. The second-order valence-electron chi connectivity index (χ2n) is 5.90. The predicted molar refractivity (Wildman–Crippen MR) is 90.5 cm³/mol. The van der Waals surface area contributed by atoms with Crippen molar-refractivity contribution in [1.29, 1.82) is 0 Å². The molecule has 0 spiro atoms. The zero-order valence-corrected chi connectivity index (χ0v) is 13.4. The molecule has 0 saturated heterocycles. The van der Waals surface area contributed by atoms with Gasteiger partial charge >= 0.3 is 0 Å². The summed E-state index contributed by atoms with van der Waals surface area (Å²) in [5.74, 6) is 1.04. The van der Waals surface area contributed by atoms with Crippen LogP contribution in [0.4, 0.5) is 0 Å². The number of hydrogen-bond donors (Lipinski definition) is 1. The molecule has 0 aliphatic rings. The summed E-state index contributed by atoms with van der Waals surface area (Å²) in [4.78, 5) is 0. The fraction of sp³-hybridized carbons (Fsp3) is 0.579. The van der Waals surface area contributed by atoms with Crippen molar-refractivity contribution in [2.75, 3.05) is 6.54 Å². The van der Waals surface area contributed by atoms with Gasteiger partial charge in [-0.1, -0.05) is 70.1 Å². The first kappa shape index (κ1) is 16.1. The lowest BCUT2D eigenvalue weighted by Gasteiger charge is -2.03. The topological polar surface area (TPSA) is 25.2 Å². The number of furan rings is 1. The van der Waals surface area contributed by atoms with Gasteiger partial charge in [0.15, 0.2) is 0 Å². The quantitative estimate of drug-likeness (QED) is 0.539. The van der Waals surface area contributed by atoms with Crippen LogP contribution in [-0.4, -0.2) is 6.54 Å². The molecule has 1 aromatic heterocycles. The average Bonchev–Trinajstić information content (AvgIpc) is 2.92. The van der Waals surface area contributed by atoms with E-state index in [1.807, 2.05) is 12.1 Å². The van der Waals surface area contributed by atoms with Crippen LogP contribution >= 0.6 is 0 Å². The number of unbranched alkanes of at least 4 members (excludes halogenated alkanes) is 7. The molecule has 0 unspecified atom stereocenters. The van der Waals surface area contributed by atoms with Crippen LogP contribution in [0.25, 0.3) is 11.0 Å². The van der Waals surface area contributed by atoms with Crippen molar-refractivity contribution >= 4 is 11.0 Å². The molecule has 0 bridgehead atoms. The fourth-order valence-electron chi connectivity index (χ4n) is 2.72. The molecule has 2 nitrogen and oxygen atoms in total. The summed E-state index contributed by atoms with van der Waals surface area (Å²) in [7, 11) is 0. The van der Waals surface area contributed by atoms with Crippen LogP contribution < -0.4 is 5.32 Å². The van der Waals surface area contributed by atoms with Gasteiger partial charge in [-0.3, -0.25) is 0 Å². The lowest BCUT2D eigenvalue weighted by atomic mass is 10.1. The maximum atomic E-state index is 5.79. The Balaban J connectivity index is 1.50. The van der Waals surface area contributed by atoms with Crippen LogP contribution in [0.5, 0.6) is 0 Å². The van der Waals surface area contributed by atoms with E-state index in [1.54, 1.807) is 0 Å². The first-order valence-electron chi connectivity index (χ1n) is 8.58. The third-order valence-corrected chi connectivity index (χ3v) is 3.98. The maximum Gasteiger partial charge on any atom is 0.134 e. The van der Waals surface area contributed by atoms with Crippen LogP contribution in [0.1, 0.15) is 64.1 Å². The van der Waals surface area contributed by atoms with E-state index in [9.17, 15) is 0 Å². The number of hydrogen-bond acceptors (Lipinski definition) is 2. The van der Waals surface area contributed by atoms with Gasteiger partial charge in [0.05, 0.1) is 6.54 Å². The molecule has 2 rings (SSSR count). The second-order valence-corrected chi connectivity index (χ2v) is 5.90. The molecule has 0 aliphatic carbocycles. The van der Waals surface area contributed by atoms with Gasteiger partial charge < -0.3 is 9.73 Å². The van der Waals surface area contributed by atoms with Crippen molar-refractivity contribution in [2.24, 2.45) is 0 Å². The number of benzene rings is 1. The Morgan fingerprint density at radius 2 is 1.62 bits per heavy atom. The number of para-hydroxylation sites is 1. The molecule has 2 heteroatoms. The predicted octanol–water partition coefficient (Wildman–Crippen LogP) is 5.66. The van der Waals surface area contributed by atoms with E-state index in [0.717, 1.165) is 24.4 Å². The summed E-state index contributed by atoms with van der Waals surface area (Å²) >= 11 is 0. The molecule has 0 fully saturated rings. The highest BCUT2D eigenvalue weighted by Gasteiger charge is 2.01. The molecule has 1 aromatic carbocycles. The standard InChI is InChI=1S/C19H29NO/c1-2-3-4-5-6-7-8-11-14-20-16-18-15-17-12-9-10-13-19(17)21-18/h9-10,12-13,15,20H,2-8,11,14,16H2,1H3. The molecule has 1 N–H and O–H groups in total. The minimum Gasteiger partial charge on any atom is -0.460 e. The average molecular weight is 287 g/mol. The summed E-state index contributed by atoms with van der Waals surface area (Å²) in [6, 6.07) is 10.3. The molecule has 0 radical (unpaired) electrons. The maximum absolute atomic E-state index is 5.79. The van der Waals surface area contributed by atoms with E-state index < -0.39 is 0 Å². The van der Waals surface area contributed by atoms with E-state index in [1.165, 1.54) is 56.8 Å². The minimum absolute atomic E-state index is 0.838. The first-order chi connectivity index (χ1) is 10.4. The highest BCUT2D eigenvalue weighted by molar-refractivity contribution is 5.77. The van der Waals surface area contributed by atoms with Gasteiger partial charge in [0, 0.05) is 5.39 Å². The van der Waals surface area contributed by atoms with Gasteiger partial charge in [-0.25, -0.2) is 0 Å². The van der Waals surface area contributed by atoms with Gasteiger partial charge in [0.2, 0.25) is 0 Å². The van der Waals surface area contributed by atoms with Gasteiger partial charge in [-0.05, 0) is 25.1 Å². The molecule has 116 valence electrons. The van der Waals surface area contributed by atoms with Crippen molar-refractivity contribution in [1.82, 2.24) is 5.32 Å². The van der Waals surface area contributed by atoms with Crippen LogP contribution in [0.15, 0.2) is 34.7 Å². The Labute approximate surface area is 128 Å². The third-order valence-electron chi connectivity index (χ3n) is 3.98. The number of fused-ring (bicyclic) bond motifs is 1. The van der Waals surface area contributed by atoms with Gasteiger partial charge in [-0.15, -0.1) is 0 Å². The number of nitrogens with one attached hydrogen (secondary N) is 1.